The summed E-state index contributed by atoms with van der Waals surface area (Å²) >= 11 is 0. The summed E-state index contributed by atoms with van der Waals surface area (Å²) in [5, 5.41) is 0. The molecule has 2 aromatic carbocycles. The van der Waals surface area contributed by atoms with Crippen molar-refractivity contribution in [2.24, 2.45) is 0 Å². The molecule has 0 heterocycles. The van der Waals surface area contributed by atoms with Gasteiger partial charge in [-0.05, 0) is 17.5 Å². The molecule has 0 aliphatic carbocycles. The monoisotopic (exact) mass is 390 g/mol. The van der Waals surface area contributed by atoms with Crippen LogP contribution < -0.4 is 9.47 Å². The molecule has 0 fully saturated rings. The molecule has 0 radical (unpaired) electrons. The first-order valence-electron chi connectivity index (χ1n) is 8.00. The quantitative estimate of drug-likeness (QED) is 0.496. The molecule has 0 aliphatic heterocycles. The molecule has 0 spiro atoms. The second-order valence-electron chi connectivity index (χ2n) is 5.67. The topological polar surface area (TPSA) is 18.5 Å². The van der Waals surface area contributed by atoms with Crippen molar-refractivity contribution in [1.29, 1.82) is 0 Å². The van der Waals surface area contributed by atoms with Crippen LogP contribution in [-0.2, 0) is 13.0 Å². The molecule has 27 heavy (non-hydrogen) atoms. The predicted molar refractivity (Wildman–Crippen MR) is 87.0 cm³/mol. The maximum Gasteiger partial charge on any atom is 0.425 e. The number of alkyl halides is 2. The SMILES string of the molecule is CCCc1ccc(COc2cc(F)c(OC(F)(F)C=C(F)F)c(F)c2)cc1. The molecule has 0 saturated heterocycles. The summed E-state index contributed by atoms with van der Waals surface area (Å²) < 4.78 is 86.8. The molecule has 0 unspecified atom stereocenters. The van der Waals surface area contributed by atoms with E-state index in [0.29, 0.717) is 12.1 Å². The van der Waals surface area contributed by atoms with Crippen LogP contribution in [0.2, 0.25) is 0 Å². The number of hydrogen-bond acceptors (Lipinski definition) is 2. The van der Waals surface area contributed by atoms with E-state index in [0.717, 1.165) is 24.0 Å². The Morgan fingerprint density at radius 3 is 2.07 bits per heavy atom. The lowest BCUT2D eigenvalue weighted by molar-refractivity contribution is -0.137. The average Bonchev–Trinajstić information content (AvgIpc) is 2.57. The Bertz CT molecular complexity index is 775. The van der Waals surface area contributed by atoms with Crippen molar-refractivity contribution in [3.05, 3.63) is 71.3 Å². The maximum atomic E-state index is 13.9. The first kappa shape index (κ1) is 20.7. The second kappa shape index (κ2) is 8.83. The van der Waals surface area contributed by atoms with Crippen LogP contribution in [0, 0.1) is 11.6 Å². The van der Waals surface area contributed by atoms with Gasteiger partial charge in [-0.25, -0.2) is 8.78 Å². The molecule has 0 bridgehead atoms. The van der Waals surface area contributed by atoms with Gasteiger partial charge in [-0.15, -0.1) is 0 Å². The third kappa shape index (κ3) is 6.23. The fourth-order valence-corrected chi connectivity index (χ4v) is 2.27. The van der Waals surface area contributed by atoms with Crippen molar-refractivity contribution in [3.8, 4) is 11.5 Å². The Morgan fingerprint density at radius 2 is 1.56 bits per heavy atom. The molecule has 0 saturated carbocycles. The third-order valence-electron chi connectivity index (χ3n) is 3.45. The Labute approximate surface area is 152 Å². The van der Waals surface area contributed by atoms with E-state index in [2.05, 4.69) is 4.74 Å². The standard InChI is InChI=1S/C19H16F6O2/c1-2-3-12-4-6-13(7-5-12)11-26-14-8-15(20)18(16(21)9-14)27-19(24,25)10-17(22)23/h4-10H,2-3,11H2,1H3. The van der Waals surface area contributed by atoms with E-state index in [9.17, 15) is 26.3 Å². The zero-order valence-corrected chi connectivity index (χ0v) is 14.2. The van der Waals surface area contributed by atoms with E-state index < -0.39 is 35.6 Å². The van der Waals surface area contributed by atoms with Crippen LogP contribution in [0.4, 0.5) is 26.3 Å². The highest BCUT2D eigenvalue weighted by Crippen LogP contribution is 2.32. The zero-order chi connectivity index (χ0) is 20.0. The van der Waals surface area contributed by atoms with Gasteiger partial charge in [-0.1, -0.05) is 37.6 Å². The zero-order valence-electron chi connectivity index (χ0n) is 14.2. The van der Waals surface area contributed by atoms with E-state index in [1.54, 1.807) is 12.1 Å². The summed E-state index contributed by atoms with van der Waals surface area (Å²) in [5.41, 5.74) is 1.88. The van der Waals surface area contributed by atoms with Gasteiger partial charge in [0.05, 0.1) is 6.08 Å². The molecular weight excluding hydrogens is 374 g/mol. The van der Waals surface area contributed by atoms with Crippen molar-refractivity contribution < 1.29 is 35.8 Å². The minimum absolute atomic E-state index is 0.00253. The predicted octanol–water partition coefficient (Wildman–Crippen LogP) is 6.25. The second-order valence-corrected chi connectivity index (χ2v) is 5.67. The van der Waals surface area contributed by atoms with Gasteiger partial charge in [-0.2, -0.15) is 17.6 Å². The van der Waals surface area contributed by atoms with Gasteiger partial charge in [0, 0.05) is 12.1 Å². The number of rotatable bonds is 8. The minimum Gasteiger partial charge on any atom is -0.489 e. The Morgan fingerprint density at radius 1 is 1.00 bits per heavy atom. The van der Waals surface area contributed by atoms with Gasteiger partial charge < -0.3 is 9.47 Å². The molecule has 146 valence electrons. The van der Waals surface area contributed by atoms with Crippen molar-refractivity contribution in [2.75, 3.05) is 0 Å². The maximum absolute atomic E-state index is 13.9. The molecule has 0 atom stereocenters. The molecule has 0 aliphatic rings. The van der Waals surface area contributed by atoms with E-state index in [4.69, 9.17) is 4.74 Å². The first-order valence-corrected chi connectivity index (χ1v) is 8.00. The molecule has 0 N–H and O–H groups in total. The molecule has 8 heteroatoms. The summed E-state index contributed by atoms with van der Waals surface area (Å²) in [4.78, 5) is 0. The van der Waals surface area contributed by atoms with Gasteiger partial charge in [0.25, 0.3) is 6.08 Å². The molecule has 2 nitrogen and oxygen atoms in total. The van der Waals surface area contributed by atoms with Crippen LogP contribution in [0.15, 0.2) is 48.6 Å². The number of aryl methyl sites for hydroxylation is 1. The fraction of sp³-hybridized carbons (Fsp3) is 0.263. The van der Waals surface area contributed by atoms with Crippen LogP contribution in [0.25, 0.3) is 0 Å². The molecule has 0 aromatic heterocycles. The Balaban J connectivity index is 2.08. The van der Waals surface area contributed by atoms with Crippen LogP contribution in [0.5, 0.6) is 11.5 Å². The largest absolute Gasteiger partial charge is 0.489 e. The lowest BCUT2D eigenvalue weighted by atomic mass is 10.1. The van der Waals surface area contributed by atoms with E-state index in [1.807, 2.05) is 19.1 Å². The average molecular weight is 390 g/mol. The molecular formula is C19H16F6O2. The van der Waals surface area contributed by atoms with Crippen molar-refractivity contribution in [2.45, 2.75) is 32.5 Å². The third-order valence-corrected chi connectivity index (χ3v) is 3.45. The van der Waals surface area contributed by atoms with Crippen LogP contribution in [0.1, 0.15) is 24.5 Å². The van der Waals surface area contributed by atoms with Crippen LogP contribution >= 0.6 is 0 Å². The van der Waals surface area contributed by atoms with Crippen molar-refractivity contribution in [1.82, 2.24) is 0 Å². The van der Waals surface area contributed by atoms with Gasteiger partial charge >= 0.3 is 6.11 Å². The number of ether oxygens (including phenoxy) is 2. The van der Waals surface area contributed by atoms with Gasteiger partial charge in [0.1, 0.15) is 12.4 Å². The highest BCUT2D eigenvalue weighted by atomic mass is 19.3. The minimum atomic E-state index is -4.57. The van der Waals surface area contributed by atoms with Crippen molar-refractivity contribution in [3.63, 3.8) is 0 Å². The van der Waals surface area contributed by atoms with Gasteiger partial charge in [0.15, 0.2) is 17.4 Å². The van der Waals surface area contributed by atoms with E-state index >= 15 is 0 Å². The van der Waals surface area contributed by atoms with E-state index in [-0.39, 0.29) is 12.4 Å². The Hall–Kier alpha value is -2.64. The van der Waals surface area contributed by atoms with Crippen LogP contribution in [0.3, 0.4) is 0 Å². The molecule has 2 aromatic rings. The highest BCUT2D eigenvalue weighted by molar-refractivity contribution is 5.35. The highest BCUT2D eigenvalue weighted by Gasteiger charge is 2.33. The molecule has 0 amide bonds. The number of halogens is 6. The number of benzene rings is 2. The Kier molecular flexibility index (Phi) is 6.76. The summed E-state index contributed by atoms with van der Waals surface area (Å²) in [6, 6.07) is 8.67. The van der Waals surface area contributed by atoms with Gasteiger partial charge in [0.2, 0.25) is 0 Å². The summed E-state index contributed by atoms with van der Waals surface area (Å²) in [6.45, 7) is 2.05. The normalized spacial score (nSPS) is 11.2. The summed E-state index contributed by atoms with van der Waals surface area (Å²) in [5.74, 6) is -4.74. The van der Waals surface area contributed by atoms with Crippen molar-refractivity contribution >= 4 is 0 Å². The summed E-state index contributed by atoms with van der Waals surface area (Å²) in [7, 11) is 0. The number of hydrogen-bond donors (Lipinski definition) is 0. The summed E-state index contributed by atoms with van der Waals surface area (Å²) in [6.07, 6.45) is -6.24. The van der Waals surface area contributed by atoms with E-state index in [1.165, 1.54) is 0 Å². The lowest BCUT2D eigenvalue weighted by Crippen LogP contribution is -2.23. The lowest BCUT2D eigenvalue weighted by Gasteiger charge is -2.16. The van der Waals surface area contributed by atoms with Crippen LogP contribution in [-0.4, -0.2) is 6.11 Å². The first-order chi connectivity index (χ1) is 12.7. The smallest absolute Gasteiger partial charge is 0.425 e. The molecule has 2 rings (SSSR count). The fourth-order valence-electron chi connectivity index (χ4n) is 2.27. The van der Waals surface area contributed by atoms with Gasteiger partial charge in [-0.3, -0.25) is 0 Å².